The highest BCUT2D eigenvalue weighted by atomic mass is 32.2. The molecule has 1 fully saturated rings. The van der Waals surface area contributed by atoms with Crippen LogP contribution in [0.15, 0.2) is 41.3 Å². The van der Waals surface area contributed by atoms with Crippen LogP contribution in [0.5, 0.6) is 0 Å². The number of sulfone groups is 1. The van der Waals surface area contributed by atoms with Crippen LogP contribution < -0.4 is 10.2 Å². The second-order valence-corrected chi connectivity index (χ2v) is 8.78. The molecule has 9 heteroatoms. The summed E-state index contributed by atoms with van der Waals surface area (Å²) >= 11 is 0. The summed E-state index contributed by atoms with van der Waals surface area (Å²) in [4.78, 5) is 17.0. The van der Waals surface area contributed by atoms with E-state index < -0.39 is 14.8 Å². The average Bonchev–Trinajstić information content (AvgIpc) is 3.07. The van der Waals surface area contributed by atoms with E-state index in [9.17, 15) is 18.5 Å². The Morgan fingerprint density at radius 1 is 1.30 bits per heavy atom. The van der Waals surface area contributed by atoms with Crippen LogP contribution in [0.1, 0.15) is 12.1 Å². The van der Waals surface area contributed by atoms with Gasteiger partial charge in [0.05, 0.1) is 4.92 Å². The first-order valence-electron chi connectivity index (χ1n) is 8.65. The lowest BCUT2D eigenvalue weighted by molar-refractivity contribution is -0.387. The van der Waals surface area contributed by atoms with Crippen molar-refractivity contribution in [1.82, 2.24) is 4.98 Å². The lowest BCUT2D eigenvalue weighted by atomic mass is 10.1. The van der Waals surface area contributed by atoms with Gasteiger partial charge >= 0.3 is 5.69 Å². The predicted molar refractivity (Wildman–Crippen MR) is 104 cm³/mol. The number of hydrogen-bond acceptors (Lipinski definition) is 7. The molecular weight excluding hydrogens is 368 g/mol. The molecule has 1 unspecified atom stereocenters. The second kappa shape index (κ2) is 7.51. The summed E-state index contributed by atoms with van der Waals surface area (Å²) in [5, 5.41) is 14.9. The van der Waals surface area contributed by atoms with Crippen LogP contribution in [-0.2, 0) is 9.84 Å². The van der Waals surface area contributed by atoms with Crippen LogP contribution in [0, 0.1) is 23.0 Å². The van der Waals surface area contributed by atoms with E-state index in [4.69, 9.17) is 0 Å². The molecule has 0 bridgehead atoms. The molecule has 1 saturated heterocycles. The van der Waals surface area contributed by atoms with Gasteiger partial charge in [-0.05, 0) is 43.5 Å². The number of hydrogen-bond donors (Lipinski definition) is 1. The number of pyridine rings is 1. The Morgan fingerprint density at radius 2 is 2.04 bits per heavy atom. The molecule has 1 aliphatic rings. The van der Waals surface area contributed by atoms with E-state index in [0.29, 0.717) is 25.3 Å². The van der Waals surface area contributed by atoms with E-state index in [1.807, 2.05) is 30.0 Å². The Balaban J connectivity index is 1.76. The summed E-state index contributed by atoms with van der Waals surface area (Å²) in [6.45, 7) is 3.89. The molecule has 2 aromatic rings. The molecule has 1 atom stereocenters. The first kappa shape index (κ1) is 19.1. The van der Waals surface area contributed by atoms with Crippen molar-refractivity contribution in [3.8, 4) is 0 Å². The molecule has 0 saturated carbocycles. The Labute approximate surface area is 158 Å². The molecule has 27 heavy (non-hydrogen) atoms. The normalized spacial score (nSPS) is 17.1. The highest BCUT2D eigenvalue weighted by molar-refractivity contribution is 7.90. The van der Waals surface area contributed by atoms with Gasteiger partial charge in [0, 0.05) is 31.6 Å². The number of para-hydroxylation sites is 1. The summed E-state index contributed by atoms with van der Waals surface area (Å²) in [7, 11) is -3.68. The predicted octanol–water partition coefficient (Wildman–Crippen LogP) is 2.64. The molecule has 0 amide bonds. The molecule has 1 aromatic carbocycles. The molecule has 0 aliphatic carbocycles. The zero-order chi connectivity index (χ0) is 19.6. The smallest absolute Gasteiger partial charge is 0.311 e. The highest BCUT2D eigenvalue weighted by Gasteiger charge is 2.32. The molecule has 2 heterocycles. The third-order valence-corrected chi connectivity index (χ3v) is 5.77. The number of nitrogens with zero attached hydrogens (tertiary/aromatic N) is 3. The van der Waals surface area contributed by atoms with Gasteiger partial charge in [0.2, 0.25) is 0 Å². The Kier molecular flexibility index (Phi) is 5.31. The monoisotopic (exact) mass is 390 g/mol. The molecule has 144 valence electrons. The van der Waals surface area contributed by atoms with Crippen molar-refractivity contribution < 1.29 is 13.3 Å². The third kappa shape index (κ3) is 4.36. The molecule has 1 N–H and O–H groups in total. The fourth-order valence-corrected chi connectivity index (χ4v) is 4.21. The van der Waals surface area contributed by atoms with Gasteiger partial charge in [0.25, 0.3) is 0 Å². The van der Waals surface area contributed by atoms with Crippen molar-refractivity contribution in [3.63, 3.8) is 0 Å². The van der Waals surface area contributed by atoms with Crippen LogP contribution in [-0.4, -0.2) is 44.2 Å². The lowest BCUT2D eigenvalue weighted by Crippen LogP contribution is -2.24. The number of anilines is 2. The Hall–Kier alpha value is -2.68. The minimum Gasteiger partial charge on any atom is -0.370 e. The van der Waals surface area contributed by atoms with Crippen molar-refractivity contribution in [2.24, 2.45) is 5.92 Å². The van der Waals surface area contributed by atoms with Crippen molar-refractivity contribution in [1.29, 1.82) is 0 Å². The number of rotatable bonds is 6. The van der Waals surface area contributed by atoms with Crippen molar-refractivity contribution >= 4 is 27.0 Å². The number of benzene rings is 1. The minimum atomic E-state index is -3.68. The summed E-state index contributed by atoms with van der Waals surface area (Å²) < 4.78 is 23.9. The van der Waals surface area contributed by atoms with Gasteiger partial charge in [0.1, 0.15) is 16.4 Å². The number of nitrogens with one attached hydrogen (secondary N) is 1. The maximum Gasteiger partial charge on any atom is 0.311 e. The van der Waals surface area contributed by atoms with Gasteiger partial charge in [-0.15, -0.1) is 0 Å². The first-order chi connectivity index (χ1) is 12.8. The Morgan fingerprint density at radius 3 is 2.70 bits per heavy atom. The molecule has 1 aliphatic heterocycles. The van der Waals surface area contributed by atoms with Crippen LogP contribution in [0.4, 0.5) is 17.2 Å². The summed E-state index contributed by atoms with van der Waals surface area (Å²) in [6.07, 6.45) is 1.85. The number of nitro benzene ring substituents is 1. The average molecular weight is 390 g/mol. The number of aromatic nitrogens is 1. The van der Waals surface area contributed by atoms with Gasteiger partial charge in [0.15, 0.2) is 9.84 Å². The standard InChI is InChI=1S/C18H22N4O4S/c1-13-5-3-8-17(20-13)19-11-14-9-10-21(12-14)15-6-4-7-16(27(2,25)26)18(15)22(23)24/h3-8,14H,9-12H2,1-2H3,(H,19,20). The van der Waals surface area contributed by atoms with Gasteiger partial charge in [-0.25, -0.2) is 13.4 Å². The topological polar surface area (TPSA) is 105 Å². The third-order valence-electron chi connectivity index (χ3n) is 4.65. The van der Waals surface area contributed by atoms with Gasteiger partial charge in [-0.3, -0.25) is 10.1 Å². The zero-order valence-corrected chi connectivity index (χ0v) is 16.1. The van der Waals surface area contributed by atoms with E-state index in [-0.39, 0.29) is 16.5 Å². The second-order valence-electron chi connectivity index (χ2n) is 6.80. The molecule has 0 spiro atoms. The minimum absolute atomic E-state index is 0.240. The number of nitro groups is 1. The molecule has 0 radical (unpaired) electrons. The van der Waals surface area contributed by atoms with Gasteiger partial charge in [-0.2, -0.15) is 0 Å². The molecule has 1 aromatic heterocycles. The molecule has 8 nitrogen and oxygen atoms in total. The van der Waals surface area contributed by atoms with E-state index in [1.54, 1.807) is 12.1 Å². The fraction of sp³-hybridized carbons (Fsp3) is 0.389. The van der Waals surface area contributed by atoms with E-state index in [2.05, 4.69) is 10.3 Å². The van der Waals surface area contributed by atoms with Gasteiger partial charge < -0.3 is 10.2 Å². The maximum atomic E-state index is 11.9. The van der Waals surface area contributed by atoms with Crippen molar-refractivity contribution in [2.45, 2.75) is 18.2 Å². The SMILES string of the molecule is Cc1cccc(NCC2CCN(c3cccc(S(C)(=O)=O)c3[N+](=O)[O-])C2)n1. The van der Waals surface area contributed by atoms with E-state index in [0.717, 1.165) is 24.2 Å². The summed E-state index contributed by atoms with van der Waals surface area (Å²) in [5.74, 6) is 1.09. The molecule has 3 rings (SSSR count). The van der Waals surface area contributed by atoms with Crippen LogP contribution in [0.3, 0.4) is 0 Å². The quantitative estimate of drug-likeness (QED) is 0.597. The Bertz CT molecular complexity index is 962. The van der Waals surface area contributed by atoms with Crippen molar-refractivity contribution in [3.05, 3.63) is 52.2 Å². The van der Waals surface area contributed by atoms with Crippen LogP contribution >= 0.6 is 0 Å². The highest BCUT2D eigenvalue weighted by Crippen LogP contribution is 2.37. The van der Waals surface area contributed by atoms with E-state index >= 15 is 0 Å². The molecular formula is C18H22N4O4S. The largest absolute Gasteiger partial charge is 0.370 e. The maximum absolute atomic E-state index is 11.9. The van der Waals surface area contributed by atoms with E-state index in [1.165, 1.54) is 6.07 Å². The van der Waals surface area contributed by atoms with Gasteiger partial charge in [-0.1, -0.05) is 12.1 Å². The van der Waals surface area contributed by atoms with Crippen LogP contribution in [0.25, 0.3) is 0 Å². The zero-order valence-electron chi connectivity index (χ0n) is 15.3. The summed E-state index contributed by atoms with van der Waals surface area (Å²) in [5.41, 5.74) is 0.953. The number of aryl methyl sites for hydroxylation is 1. The summed E-state index contributed by atoms with van der Waals surface area (Å²) in [6, 6.07) is 10.2. The lowest BCUT2D eigenvalue weighted by Gasteiger charge is -2.20. The van der Waals surface area contributed by atoms with Crippen LogP contribution in [0.2, 0.25) is 0 Å². The fourth-order valence-electron chi connectivity index (χ4n) is 3.36. The first-order valence-corrected chi connectivity index (χ1v) is 10.5. The van der Waals surface area contributed by atoms with Crippen molar-refractivity contribution in [2.75, 3.05) is 36.1 Å².